The number of rotatable bonds is 4. The third kappa shape index (κ3) is 2.90. The summed E-state index contributed by atoms with van der Waals surface area (Å²) in [6.07, 6.45) is 13.0. The van der Waals surface area contributed by atoms with E-state index in [2.05, 4.69) is 13.8 Å². The van der Waals surface area contributed by atoms with Crippen LogP contribution in [0, 0.1) is 34.5 Å². The molecule has 26 heavy (non-hydrogen) atoms. The van der Waals surface area contributed by atoms with Crippen molar-refractivity contribution < 1.29 is 15.0 Å². The average molecular weight is 361 g/mol. The van der Waals surface area contributed by atoms with Gasteiger partial charge in [0.05, 0.1) is 0 Å². The summed E-state index contributed by atoms with van der Waals surface area (Å²) in [5.41, 5.74) is 2.19. The lowest BCUT2D eigenvalue weighted by atomic mass is 9.46. The van der Waals surface area contributed by atoms with Gasteiger partial charge in [-0.15, -0.1) is 0 Å². The molecule has 6 atom stereocenters. The number of aliphatic hydroxyl groups is 2. The van der Waals surface area contributed by atoms with Gasteiger partial charge in [0.25, 0.3) is 0 Å². The topological polar surface area (TPSA) is 57.5 Å². The van der Waals surface area contributed by atoms with E-state index in [1.807, 2.05) is 6.08 Å². The number of carbonyl (C=O) groups excluding carboxylic acids is 1. The summed E-state index contributed by atoms with van der Waals surface area (Å²) >= 11 is 0. The molecule has 0 spiro atoms. The quantitative estimate of drug-likeness (QED) is 0.720. The highest BCUT2D eigenvalue weighted by Gasteiger charge is 2.58. The second-order valence-electron chi connectivity index (χ2n) is 10.2. The molecule has 0 aromatic heterocycles. The molecule has 1 unspecified atom stereocenters. The summed E-state index contributed by atoms with van der Waals surface area (Å²) in [4.78, 5) is 11.9. The van der Waals surface area contributed by atoms with Crippen molar-refractivity contribution in [2.45, 2.75) is 90.8 Å². The van der Waals surface area contributed by atoms with E-state index in [-0.39, 0.29) is 5.41 Å². The van der Waals surface area contributed by atoms with Gasteiger partial charge in [-0.3, -0.25) is 4.79 Å². The molecule has 3 saturated carbocycles. The van der Waals surface area contributed by atoms with Crippen molar-refractivity contribution >= 4 is 5.78 Å². The van der Waals surface area contributed by atoms with Crippen molar-refractivity contribution in [3.8, 4) is 0 Å². The van der Waals surface area contributed by atoms with E-state index in [1.165, 1.54) is 37.7 Å². The predicted molar refractivity (Wildman–Crippen MR) is 102 cm³/mol. The Hall–Kier alpha value is -0.670. The lowest BCUT2D eigenvalue weighted by molar-refractivity contribution is -0.117. The van der Waals surface area contributed by atoms with Crippen LogP contribution in [0.15, 0.2) is 11.6 Å². The van der Waals surface area contributed by atoms with Crippen molar-refractivity contribution in [2.24, 2.45) is 34.5 Å². The van der Waals surface area contributed by atoms with Crippen LogP contribution in [0.5, 0.6) is 0 Å². The van der Waals surface area contributed by atoms with Gasteiger partial charge < -0.3 is 10.2 Å². The Bertz CT molecular complexity index is 594. The van der Waals surface area contributed by atoms with Gasteiger partial charge in [-0.25, -0.2) is 0 Å². The molecule has 0 saturated heterocycles. The van der Waals surface area contributed by atoms with Crippen LogP contribution in [0.25, 0.3) is 0 Å². The molecule has 3 fully saturated rings. The molecule has 0 amide bonds. The molecule has 2 N–H and O–H groups in total. The van der Waals surface area contributed by atoms with Crippen LogP contribution in [0.4, 0.5) is 0 Å². The highest BCUT2D eigenvalue weighted by Crippen LogP contribution is 2.67. The van der Waals surface area contributed by atoms with Crippen molar-refractivity contribution in [3.05, 3.63) is 11.6 Å². The third-order valence-electron chi connectivity index (χ3n) is 9.17. The first kappa shape index (κ1) is 18.7. The van der Waals surface area contributed by atoms with Crippen LogP contribution < -0.4 is 0 Å². The standard InChI is InChI=1S/C23H36O3/c1-22-13-11-20-18(8-6-16-14-17(24)10-12-23(16,20)2)19(22)9-7-15(22)4-3-5-21(25)26/h14-15,18-21,25-26H,3-13H2,1-2H3/t15?,18-,19-,20+,22+,23-/m0/s1. The number of aliphatic hydroxyl groups excluding tert-OH is 1. The van der Waals surface area contributed by atoms with E-state index in [0.717, 1.165) is 55.8 Å². The SMILES string of the molecule is C[C@]12CCC(=O)C=C1CC[C@@H]1[C@H]2CC[C@]2(C)C(CCCC(O)O)CC[C@@H]12. The van der Waals surface area contributed by atoms with Gasteiger partial charge >= 0.3 is 0 Å². The molecular formula is C23H36O3. The number of fused-ring (bicyclic) bond motifs is 5. The third-order valence-corrected chi connectivity index (χ3v) is 9.17. The summed E-state index contributed by atoms with van der Waals surface area (Å²) in [7, 11) is 0. The van der Waals surface area contributed by atoms with Crippen molar-refractivity contribution in [2.75, 3.05) is 0 Å². The van der Waals surface area contributed by atoms with E-state index >= 15 is 0 Å². The molecule has 4 aliphatic carbocycles. The van der Waals surface area contributed by atoms with Crippen LogP contribution in [0.1, 0.15) is 84.5 Å². The lowest BCUT2D eigenvalue weighted by Gasteiger charge is -2.58. The van der Waals surface area contributed by atoms with E-state index in [0.29, 0.717) is 17.6 Å². The second kappa shape index (κ2) is 6.74. The summed E-state index contributed by atoms with van der Waals surface area (Å²) < 4.78 is 0. The summed E-state index contributed by atoms with van der Waals surface area (Å²) in [5.74, 6) is 3.54. The largest absolute Gasteiger partial charge is 0.368 e. The molecular weight excluding hydrogens is 324 g/mol. The highest BCUT2D eigenvalue weighted by atomic mass is 16.5. The van der Waals surface area contributed by atoms with E-state index < -0.39 is 6.29 Å². The summed E-state index contributed by atoms with van der Waals surface area (Å²) in [5, 5.41) is 18.3. The van der Waals surface area contributed by atoms with E-state index in [9.17, 15) is 4.79 Å². The number of carbonyl (C=O) groups is 1. The van der Waals surface area contributed by atoms with Crippen LogP contribution in [0.2, 0.25) is 0 Å². The first-order valence-corrected chi connectivity index (χ1v) is 10.9. The van der Waals surface area contributed by atoms with Gasteiger partial charge in [0, 0.05) is 6.42 Å². The molecule has 4 aliphatic rings. The first-order chi connectivity index (χ1) is 12.3. The van der Waals surface area contributed by atoms with Crippen LogP contribution in [0.3, 0.4) is 0 Å². The smallest absolute Gasteiger partial charge is 0.155 e. The summed E-state index contributed by atoms with van der Waals surface area (Å²) in [6, 6.07) is 0. The van der Waals surface area contributed by atoms with Gasteiger partial charge in [0.2, 0.25) is 0 Å². The van der Waals surface area contributed by atoms with Gasteiger partial charge in [-0.2, -0.15) is 0 Å². The molecule has 146 valence electrons. The fraction of sp³-hybridized carbons (Fsp3) is 0.870. The molecule has 3 nitrogen and oxygen atoms in total. The minimum Gasteiger partial charge on any atom is -0.368 e. The number of allylic oxidation sites excluding steroid dienone is 1. The van der Waals surface area contributed by atoms with Crippen molar-refractivity contribution in [1.82, 2.24) is 0 Å². The van der Waals surface area contributed by atoms with Gasteiger partial charge in [-0.1, -0.05) is 19.4 Å². The van der Waals surface area contributed by atoms with Gasteiger partial charge in [-0.05, 0) is 105 Å². The highest BCUT2D eigenvalue weighted by molar-refractivity contribution is 5.91. The monoisotopic (exact) mass is 360 g/mol. The maximum atomic E-state index is 11.9. The Morgan fingerprint density at radius 3 is 2.65 bits per heavy atom. The fourth-order valence-electron chi connectivity index (χ4n) is 7.69. The zero-order chi connectivity index (χ0) is 18.5. The van der Waals surface area contributed by atoms with Crippen LogP contribution >= 0.6 is 0 Å². The van der Waals surface area contributed by atoms with Crippen LogP contribution in [-0.4, -0.2) is 22.3 Å². The molecule has 4 rings (SSSR count). The Balaban J connectivity index is 1.51. The Kier molecular flexibility index (Phi) is 4.84. The van der Waals surface area contributed by atoms with Gasteiger partial charge in [0.15, 0.2) is 12.1 Å². The maximum absolute atomic E-state index is 11.9. The molecule has 0 radical (unpaired) electrons. The van der Waals surface area contributed by atoms with Crippen molar-refractivity contribution in [1.29, 1.82) is 0 Å². The number of hydrogen-bond acceptors (Lipinski definition) is 3. The zero-order valence-electron chi connectivity index (χ0n) is 16.5. The molecule has 0 bridgehead atoms. The Morgan fingerprint density at radius 2 is 1.88 bits per heavy atom. The normalized spacial score (nSPS) is 45.1. The number of ketones is 1. The molecule has 3 heteroatoms. The first-order valence-electron chi connectivity index (χ1n) is 10.9. The van der Waals surface area contributed by atoms with Crippen molar-refractivity contribution in [3.63, 3.8) is 0 Å². The van der Waals surface area contributed by atoms with Crippen LogP contribution in [-0.2, 0) is 4.79 Å². The molecule has 0 aliphatic heterocycles. The maximum Gasteiger partial charge on any atom is 0.155 e. The van der Waals surface area contributed by atoms with E-state index in [1.54, 1.807) is 0 Å². The minimum absolute atomic E-state index is 0.275. The molecule has 0 aromatic rings. The molecule has 0 heterocycles. The second-order valence-corrected chi connectivity index (χ2v) is 10.2. The van der Waals surface area contributed by atoms with Gasteiger partial charge in [0.1, 0.15) is 0 Å². The predicted octanol–water partition coefficient (Wildman–Crippen LogP) is 4.62. The minimum atomic E-state index is -1.15. The zero-order valence-corrected chi connectivity index (χ0v) is 16.5. The number of hydrogen-bond donors (Lipinski definition) is 2. The Morgan fingerprint density at radius 1 is 1.08 bits per heavy atom. The summed E-state index contributed by atoms with van der Waals surface area (Å²) in [6.45, 7) is 5.00. The molecule has 0 aromatic carbocycles. The Labute approximate surface area is 158 Å². The van der Waals surface area contributed by atoms with E-state index in [4.69, 9.17) is 10.2 Å². The average Bonchev–Trinajstić information content (AvgIpc) is 2.92. The fourth-order valence-corrected chi connectivity index (χ4v) is 7.69. The lowest BCUT2D eigenvalue weighted by Crippen LogP contribution is -2.50.